The molecule has 23 heavy (non-hydrogen) atoms. The van der Waals surface area contributed by atoms with Crippen LogP contribution in [0.4, 0.5) is 5.95 Å². The van der Waals surface area contributed by atoms with Crippen LogP contribution in [0.1, 0.15) is 24.3 Å². The monoisotopic (exact) mass is 311 g/mol. The molecule has 120 valence electrons. The molecule has 1 aliphatic heterocycles. The van der Waals surface area contributed by atoms with Gasteiger partial charge in [-0.2, -0.15) is 0 Å². The number of nitrogens with zero attached hydrogens (tertiary/aromatic N) is 3. The first kappa shape index (κ1) is 15.5. The second kappa shape index (κ2) is 7.22. The molecular formula is C18H21N3O2. The molecule has 5 nitrogen and oxygen atoms in total. The quantitative estimate of drug-likeness (QED) is 0.813. The van der Waals surface area contributed by atoms with E-state index in [1.165, 1.54) is 7.11 Å². The number of hydrogen-bond acceptors (Lipinski definition) is 5. The molecular weight excluding hydrogens is 290 g/mol. The number of esters is 1. The molecule has 1 unspecified atom stereocenters. The van der Waals surface area contributed by atoms with E-state index in [4.69, 9.17) is 4.74 Å². The summed E-state index contributed by atoms with van der Waals surface area (Å²) in [6, 6.07) is 11.7. The lowest BCUT2D eigenvalue weighted by Gasteiger charge is -2.35. The minimum absolute atomic E-state index is 0.148. The van der Waals surface area contributed by atoms with Gasteiger partial charge in [-0.05, 0) is 30.4 Å². The van der Waals surface area contributed by atoms with E-state index in [1.54, 1.807) is 12.4 Å². The van der Waals surface area contributed by atoms with Crippen molar-refractivity contribution in [1.29, 1.82) is 0 Å². The maximum atomic E-state index is 12.3. The number of hydrogen-bond donors (Lipinski definition) is 0. The first-order valence-electron chi connectivity index (χ1n) is 7.94. The predicted molar refractivity (Wildman–Crippen MR) is 88.2 cm³/mol. The smallest absolute Gasteiger partial charge is 0.313 e. The number of carbonyl (C=O) groups is 1. The highest BCUT2D eigenvalue weighted by molar-refractivity contribution is 5.78. The van der Waals surface area contributed by atoms with Crippen LogP contribution in [0, 0.1) is 5.92 Å². The Bertz CT molecular complexity index is 625. The lowest BCUT2D eigenvalue weighted by Crippen LogP contribution is -2.38. The number of ether oxygens (including phenoxy) is 1. The van der Waals surface area contributed by atoms with Gasteiger partial charge >= 0.3 is 5.97 Å². The van der Waals surface area contributed by atoms with Gasteiger partial charge in [0.05, 0.1) is 13.0 Å². The van der Waals surface area contributed by atoms with Gasteiger partial charge in [-0.15, -0.1) is 0 Å². The molecule has 2 aromatic rings. The number of methoxy groups -OCH3 is 1. The van der Waals surface area contributed by atoms with Gasteiger partial charge < -0.3 is 9.64 Å². The number of piperidine rings is 1. The van der Waals surface area contributed by atoms with Crippen LogP contribution in [0.2, 0.25) is 0 Å². The van der Waals surface area contributed by atoms with Crippen LogP contribution in [0.15, 0.2) is 48.8 Å². The number of benzene rings is 1. The van der Waals surface area contributed by atoms with Crippen molar-refractivity contribution in [2.75, 3.05) is 25.1 Å². The molecule has 0 N–H and O–H groups in total. The average molecular weight is 311 g/mol. The SMILES string of the molecule is COC(=O)C(c1ccccc1)C1CCN(c2ncccn2)CC1. The summed E-state index contributed by atoms with van der Waals surface area (Å²) in [5, 5.41) is 0. The molecule has 0 spiro atoms. The standard InChI is InChI=1S/C18H21N3O2/c1-23-17(22)16(14-6-3-2-4-7-14)15-8-12-21(13-9-15)18-19-10-5-11-20-18/h2-7,10-11,15-16H,8-9,12-13H2,1H3. The van der Waals surface area contributed by atoms with E-state index in [0.29, 0.717) is 0 Å². The number of aromatic nitrogens is 2. The highest BCUT2D eigenvalue weighted by Crippen LogP contribution is 2.34. The summed E-state index contributed by atoms with van der Waals surface area (Å²) in [6.45, 7) is 1.71. The molecule has 3 rings (SSSR count). The molecule has 1 saturated heterocycles. The van der Waals surface area contributed by atoms with Crippen LogP contribution in [-0.2, 0) is 9.53 Å². The van der Waals surface area contributed by atoms with E-state index in [2.05, 4.69) is 14.9 Å². The zero-order chi connectivity index (χ0) is 16.1. The zero-order valence-electron chi connectivity index (χ0n) is 13.3. The van der Waals surface area contributed by atoms with E-state index < -0.39 is 0 Å². The summed E-state index contributed by atoms with van der Waals surface area (Å²) in [5.74, 6) is 0.704. The van der Waals surface area contributed by atoms with Gasteiger partial charge in [-0.1, -0.05) is 30.3 Å². The minimum Gasteiger partial charge on any atom is -0.469 e. The largest absolute Gasteiger partial charge is 0.469 e. The fourth-order valence-electron chi connectivity index (χ4n) is 3.28. The average Bonchev–Trinajstić information content (AvgIpc) is 2.64. The topological polar surface area (TPSA) is 55.3 Å². The first-order valence-corrected chi connectivity index (χ1v) is 7.94. The molecule has 0 amide bonds. The van der Waals surface area contributed by atoms with Crippen LogP contribution in [0.3, 0.4) is 0 Å². The summed E-state index contributed by atoms with van der Waals surface area (Å²) in [6.07, 6.45) is 5.37. The summed E-state index contributed by atoms with van der Waals surface area (Å²) >= 11 is 0. The van der Waals surface area contributed by atoms with Crippen molar-refractivity contribution in [3.63, 3.8) is 0 Å². The number of rotatable bonds is 4. The lowest BCUT2D eigenvalue weighted by atomic mass is 9.80. The Morgan fingerprint density at radius 3 is 2.39 bits per heavy atom. The van der Waals surface area contributed by atoms with Crippen LogP contribution in [0.5, 0.6) is 0 Å². The summed E-state index contributed by atoms with van der Waals surface area (Å²) in [7, 11) is 1.46. The third kappa shape index (κ3) is 3.50. The summed E-state index contributed by atoms with van der Waals surface area (Å²) in [5.41, 5.74) is 1.04. The molecule has 0 radical (unpaired) electrons. The van der Waals surface area contributed by atoms with Crippen molar-refractivity contribution in [3.05, 3.63) is 54.4 Å². The van der Waals surface area contributed by atoms with Gasteiger partial charge in [0.25, 0.3) is 0 Å². The summed E-state index contributed by atoms with van der Waals surface area (Å²) in [4.78, 5) is 23.1. The molecule has 1 aromatic carbocycles. The van der Waals surface area contributed by atoms with Crippen molar-refractivity contribution in [2.24, 2.45) is 5.92 Å². The van der Waals surface area contributed by atoms with Gasteiger partial charge in [0.1, 0.15) is 0 Å². The Balaban J connectivity index is 1.72. The highest BCUT2D eigenvalue weighted by atomic mass is 16.5. The normalized spacial score (nSPS) is 16.8. The predicted octanol–water partition coefficient (Wildman–Crippen LogP) is 2.65. The lowest BCUT2D eigenvalue weighted by molar-refractivity contribution is -0.144. The molecule has 0 bridgehead atoms. The Labute approximate surface area is 136 Å². The van der Waals surface area contributed by atoms with Gasteiger partial charge in [-0.3, -0.25) is 4.79 Å². The van der Waals surface area contributed by atoms with E-state index in [-0.39, 0.29) is 17.8 Å². The molecule has 0 aliphatic carbocycles. The highest BCUT2D eigenvalue weighted by Gasteiger charge is 2.33. The van der Waals surface area contributed by atoms with Gasteiger partial charge in [-0.25, -0.2) is 9.97 Å². The van der Waals surface area contributed by atoms with Gasteiger partial charge in [0, 0.05) is 25.5 Å². The molecule has 1 aliphatic rings. The third-order valence-corrected chi connectivity index (χ3v) is 4.46. The Morgan fingerprint density at radius 1 is 1.13 bits per heavy atom. The fraction of sp³-hybridized carbons (Fsp3) is 0.389. The van der Waals surface area contributed by atoms with Crippen molar-refractivity contribution in [3.8, 4) is 0 Å². The minimum atomic E-state index is -0.194. The third-order valence-electron chi connectivity index (χ3n) is 4.46. The summed E-state index contributed by atoms with van der Waals surface area (Å²) < 4.78 is 5.05. The van der Waals surface area contributed by atoms with E-state index >= 15 is 0 Å². The zero-order valence-corrected chi connectivity index (χ0v) is 13.3. The van der Waals surface area contributed by atoms with Gasteiger partial charge in [0.15, 0.2) is 0 Å². The molecule has 5 heteroatoms. The first-order chi connectivity index (χ1) is 11.3. The molecule has 1 aromatic heterocycles. The molecule has 2 heterocycles. The Morgan fingerprint density at radius 2 is 1.78 bits per heavy atom. The van der Waals surface area contributed by atoms with Crippen molar-refractivity contribution < 1.29 is 9.53 Å². The van der Waals surface area contributed by atoms with Crippen LogP contribution in [-0.4, -0.2) is 36.1 Å². The van der Waals surface area contributed by atoms with Crippen LogP contribution >= 0.6 is 0 Å². The molecule has 1 atom stereocenters. The van der Waals surface area contributed by atoms with Crippen molar-refractivity contribution in [2.45, 2.75) is 18.8 Å². The molecule has 1 fully saturated rings. The van der Waals surface area contributed by atoms with Gasteiger partial charge in [0.2, 0.25) is 5.95 Å². The van der Waals surface area contributed by atoms with E-state index in [1.807, 2.05) is 36.4 Å². The van der Waals surface area contributed by atoms with E-state index in [9.17, 15) is 4.79 Å². The van der Waals surface area contributed by atoms with E-state index in [0.717, 1.165) is 37.4 Å². The second-order valence-electron chi connectivity index (χ2n) is 5.78. The maximum Gasteiger partial charge on any atom is 0.313 e. The maximum absolute atomic E-state index is 12.3. The number of carbonyl (C=O) groups excluding carboxylic acids is 1. The number of anilines is 1. The fourth-order valence-corrected chi connectivity index (χ4v) is 3.28. The van der Waals surface area contributed by atoms with Crippen LogP contribution in [0.25, 0.3) is 0 Å². The second-order valence-corrected chi connectivity index (χ2v) is 5.78. The van der Waals surface area contributed by atoms with Crippen molar-refractivity contribution >= 4 is 11.9 Å². The Kier molecular flexibility index (Phi) is 4.86. The Hall–Kier alpha value is -2.43. The van der Waals surface area contributed by atoms with Crippen molar-refractivity contribution in [1.82, 2.24) is 9.97 Å². The van der Waals surface area contributed by atoms with Crippen LogP contribution < -0.4 is 4.90 Å². The molecule has 0 saturated carbocycles.